The molecule has 0 N–H and O–H groups in total. The summed E-state index contributed by atoms with van der Waals surface area (Å²) in [6.07, 6.45) is 2.14. The van der Waals surface area contributed by atoms with E-state index >= 15 is 0 Å². The van der Waals surface area contributed by atoms with E-state index in [0.717, 1.165) is 6.42 Å². The van der Waals surface area contributed by atoms with Crippen LogP contribution in [0.1, 0.15) is 47.5 Å². The molecule has 0 amide bonds. The van der Waals surface area contributed by atoms with Crippen LogP contribution >= 0.6 is 0 Å². The molecule has 1 saturated carbocycles. The van der Waals surface area contributed by atoms with Crippen LogP contribution in [0.15, 0.2) is 5.18 Å². The molecule has 13 heavy (non-hydrogen) atoms. The normalized spacial score (nSPS) is 37.0. The van der Waals surface area contributed by atoms with E-state index in [-0.39, 0.29) is 16.9 Å². The molecule has 0 aliphatic heterocycles. The Balaban J connectivity index is 2.88. The van der Waals surface area contributed by atoms with Gasteiger partial charge in [0.2, 0.25) is 0 Å². The van der Waals surface area contributed by atoms with Crippen molar-refractivity contribution in [3.8, 4) is 0 Å². The van der Waals surface area contributed by atoms with Crippen molar-refractivity contribution in [3.63, 3.8) is 0 Å². The molecule has 0 aromatic heterocycles. The minimum Gasteiger partial charge on any atom is -0.150 e. The van der Waals surface area contributed by atoms with Crippen LogP contribution in [-0.2, 0) is 0 Å². The third-order valence-corrected chi connectivity index (χ3v) is 3.86. The van der Waals surface area contributed by atoms with Gasteiger partial charge in [0, 0.05) is 0 Å². The van der Waals surface area contributed by atoms with Crippen molar-refractivity contribution in [2.45, 2.75) is 53.5 Å². The lowest BCUT2D eigenvalue weighted by molar-refractivity contribution is 0.0431. The lowest BCUT2D eigenvalue weighted by Crippen LogP contribution is -2.44. The van der Waals surface area contributed by atoms with Crippen molar-refractivity contribution < 1.29 is 0 Å². The van der Waals surface area contributed by atoms with E-state index in [1.807, 2.05) is 0 Å². The van der Waals surface area contributed by atoms with E-state index in [2.05, 4.69) is 39.8 Å². The van der Waals surface area contributed by atoms with Gasteiger partial charge < -0.3 is 0 Å². The molecule has 1 rings (SSSR count). The molecule has 0 aromatic rings. The zero-order valence-electron chi connectivity index (χ0n) is 9.42. The first-order chi connectivity index (χ1) is 5.79. The van der Waals surface area contributed by atoms with E-state index in [9.17, 15) is 4.91 Å². The van der Waals surface area contributed by atoms with Crippen LogP contribution in [-0.4, -0.2) is 6.04 Å². The number of hydrogen-bond acceptors (Lipinski definition) is 2. The lowest BCUT2D eigenvalue weighted by Gasteiger charge is -2.47. The maximum Gasteiger partial charge on any atom is 0.0978 e. The Bertz CT molecular complexity index is 208. The van der Waals surface area contributed by atoms with E-state index in [1.54, 1.807) is 0 Å². The SMILES string of the molecule is CC1CC(C)(C)CC(N=O)C1(C)C. The molecular formula is C11H21NO. The summed E-state index contributed by atoms with van der Waals surface area (Å²) >= 11 is 0. The molecule has 1 fully saturated rings. The van der Waals surface area contributed by atoms with Gasteiger partial charge in [0.1, 0.15) is 0 Å². The number of nitroso groups, excluding NO2 is 1. The zero-order chi connectivity index (χ0) is 10.3. The predicted molar refractivity (Wildman–Crippen MR) is 55.5 cm³/mol. The van der Waals surface area contributed by atoms with E-state index in [1.165, 1.54) is 6.42 Å². The molecule has 1 aliphatic rings. The number of hydrogen-bond donors (Lipinski definition) is 0. The quantitative estimate of drug-likeness (QED) is 0.571. The Hall–Kier alpha value is -0.400. The summed E-state index contributed by atoms with van der Waals surface area (Å²) in [5.74, 6) is 0.582. The van der Waals surface area contributed by atoms with Gasteiger partial charge in [-0.2, -0.15) is 4.91 Å². The molecule has 76 valence electrons. The van der Waals surface area contributed by atoms with Crippen LogP contribution in [0.2, 0.25) is 0 Å². The van der Waals surface area contributed by atoms with E-state index in [0.29, 0.717) is 5.92 Å². The fourth-order valence-corrected chi connectivity index (χ4v) is 2.46. The maximum atomic E-state index is 10.8. The molecule has 0 bridgehead atoms. The van der Waals surface area contributed by atoms with Crippen molar-refractivity contribution in [1.29, 1.82) is 0 Å². The minimum absolute atomic E-state index is 0.00810. The van der Waals surface area contributed by atoms with Crippen molar-refractivity contribution >= 4 is 0 Å². The van der Waals surface area contributed by atoms with Gasteiger partial charge in [0.25, 0.3) is 0 Å². The molecule has 2 nitrogen and oxygen atoms in total. The Morgan fingerprint density at radius 3 is 2.15 bits per heavy atom. The van der Waals surface area contributed by atoms with Gasteiger partial charge in [0.05, 0.1) is 6.04 Å². The van der Waals surface area contributed by atoms with Crippen molar-refractivity contribution in [2.75, 3.05) is 0 Å². The third kappa shape index (κ3) is 1.92. The molecule has 2 unspecified atom stereocenters. The smallest absolute Gasteiger partial charge is 0.0978 e. The van der Waals surface area contributed by atoms with Gasteiger partial charge in [-0.1, -0.05) is 39.8 Å². The molecule has 0 heterocycles. The standard InChI is InChI=1S/C11H21NO/c1-8-6-10(2,3)7-9(12-13)11(8,4)5/h8-9H,6-7H2,1-5H3. The molecular weight excluding hydrogens is 162 g/mol. The summed E-state index contributed by atoms with van der Waals surface area (Å²) in [6.45, 7) is 11.0. The first kappa shape index (κ1) is 10.7. The molecule has 1 aliphatic carbocycles. The Morgan fingerprint density at radius 2 is 1.69 bits per heavy atom. The fraction of sp³-hybridized carbons (Fsp3) is 1.00. The predicted octanol–water partition coefficient (Wildman–Crippen LogP) is 3.60. The Morgan fingerprint density at radius 1 is 1.15 bits per heavy atom. The molecule has 0 aromatic carbocycles. The Kier molecular flexibility index (Phi) is 2.52. The maximum absolute atomic E-state index is 10.8. The highest BCUT2D eigenvalue weighted by Gasteiger charge is 2.45. The number of nitrogens with zero attached hydrogens (tertiary/aromatic N) is 1. The summed E-state index contributed by atoms with van der Waals surface area (Å²) in [5.41, 5.74) is 0.366. The van der Waals surface area contributed by atoms with Crippen LogP contribution in [0, 0.1) is 21.7 Å². The highest BCUT2D eigenvalue weighted by atomic mass is 16.3. The van der Waals surface area contributed by atoms with Crippen molar-refractivity contribution in [3.05, 3.63) is 4.91 Å². The van der Waals surface area contributed by atoms with Crippen molar-refractivity contribution in [2.24, 2.45) is 21.9 Å². The first-order valence-corrected chi connectivity index (χ1v) is 5.12. The van der Waals surface area contributed by atoms with Crippen LogP contribution < -0.4 is 0 Å². The molecule has 0 spiro atoms. The van der Waals surface area contributed by atoms with Crippen LogP contribution in [0.4, 0.5) is 0 Å². The lowest BCUT2D eigenvalue weighted by atomic mass is 9.59. The topological polar surface area (TPSA) is 29.4 Å². The van der Waals surface area contributed by atoms with Gasteiger partial charge in [-0.05, 0) is 29.6 Å². The van der Waals surface area contributed by atoms with Crippen LogP contribution in [0.5, 0.6) is 0 Å². The fourth-order valence-electron chi connectivity index (χ4n) is 2.46. The molecule has 2 heteroatoms. The van der Waals surface area contributed by atoms with Crippen LogP contribution in [0.3, 0.4) is 0 Å². The average molecular weight is 183 g/mol. The summed E-state index contributed by atoms with van der Waals surface area (Å²) < 4.78 is 0. The summed E-state index contributed by atoms with van der Waals surface area (Å²) in [4.78, 5) is 10.8. The number of rotatable bonds is 1. The second kappa shape index (κ2) is 3.07. The largest absolute Gasteiger partial charge is 0.150 e. The highest BCUT2D eigenvalue weighted by molar-refractivity contribution is 4.97. The third-order valence-electron chi connectivity index (χ3n) is 3.86. The summed E-state index contributed by atoms with van der Waals surface area (Å²) in [7, 11) is 0. The van der Waals surface area contributed by atoms with Gasteiger partial charge in [-0.25, -0.2) is 0 Å². The monoisotopic (exact) mass is 183 g/mol. The highest BCUT2D eigenvalue weighted by Crippen LogP contribution is 2.49. The van der Waals surface area contributed by atoms with Gasteiger partial charge in [-0.3, -0.25) is 0 Å². The second-order valence-corrected chi connectivity index (χ2v) is 5.92. The van der Waals surface area contributed by atoms with E-state index < -0.39 is 0 Å². The summed E-state index contributed by atoms with van der Waals surface area (Å²) in [5, 5.41) is 3.30. The minimum atomic E-state index is -0.00810. The van der Waals surface area contributed by atoms with Crippen molar-refractivity contribution in [1.82, 2.24) is 0 Å². The first-order valence-electron chi connectivity index (χ1n) is 5.12. The summed E-state index contributed by atoms with van der Waals surface area (Å²) in [6, 6.07) is -0.00810. The molecule has 0 radical (unpaired) electrons. The Labute approximate surface area is 81.1 Å². The van der Waals surface area contributed by atoms with E-state index in [4.69, 9.17) is 0 Å². The molecule has 0 saturated heterocycles. The average Bonchev–Trinajstić information content (AvgIpc) is 1.97. The van der Waals surface area contributed by atoms with Gasteiger partial charge in [0.15, 0.2) is 0 Å². The zero-order valence-corrected chi connectivity index (χ0v) is 9.42. The van der Waals surface area contributed by atoms with Gasteiger partial charge >= 0.3 is 0 Å². The van der Waals surface area contributed by atoms with Gasteiger partial charge in [-0.15, -0.1) is 0 Å². The van der Waals surface area contributed by atoms with Crippen LogP contribution in [0.25, 0.3) is 0 Å². The second-order valence-electron chi connectivity index (χ2n) is 5.92. The molecule has 2 atom stereocenters.